The highest BCUT2D eigenvalue weighted by Crippen LogP contribution is 2.13. The molecule has 0 saturated heterocycles. The molecule has 0 aromatic rings. The van der Waals surface area contributed by atoms with Gasteiger partial charge in [0.05, 0.1) is 0 Å². The molecule has 0 aliphatic rings. The van der Waals surface area contributed by atoms with Crippen LogP contribution < -0.4 is 5.73 Å². The second-order valence-electron chi connectivity index (χ2n) is 2.64. The highest BCUT2D eigenvalue weighted by molar-refractivity contribution is 5.80. The SMILES string of the molecule is CC(C)(CN=[N+]=[N-])C(N)=O. The van der Waals surface area contributed by atoms with Gasteiger partial charge in [-0.25, -0.2) is 0 Å². The lowest BCUT2D eigenvalue weighted by Crippen LogP contribution is -2.33. The molecular formula is C5H10N4O. The number of carbonyl (C=O) groups excluding carboxylic acids is 1. The Kier molecular flexibility index (Phi) is 2.70. The minimum absolute atomic E-state index is 0.110. The first-order valence-corrected chi connectivity index (χ1v) is 2.81. The number of azide groups is 1. The molecule has 0 atom stereocenters. The van der Waals surface area contributed by atoms with E-state index in [2.05, 4.69) is 10.0 Å². The second kappa shape index (κ2) is 3.08. The minimum atomic E-state index is -0.730. The van der Waals surface area contributed by atoms with Gasteiger partial charge in [0.2, 0.25) is 5.91 Å². The Morgan fingerprint density at radius 2 is 2.30 bits per heavy atom. The lowest BCUT2D eigenvalue weighted by atomic mass is 9.93. The molecule has 0 unspecified atom stereocenters. The fourth-order valence-electron chi connectivity index (χ4n) is 0.286. The lowest BCUT2D eigenvalue weighted by molar-refractivity contribution is -0.125. The van der Waals surface area contributed by atoms with Gasteiger partial charge in [0.15, 0.2) is 0 Å². The Labute approximate surface area is 58.8 Å². The number of nitrogens with zero attached hydrogens (tertiary/aromatic N) is 3. The largest absolute Gasteiger partial charge is 0.369 e. The van der Waals surface area contributed by atoms with Gasteiger partial charge in [0, 0.05) is 16.9 Å². The van der Waals surface area contributed by atoms with Gasteiger partial charge in [0.1, 0.15) is 0 Å². The van der Waals surface area contributed by atoms with E-state index < -0.39 is 11.3 Å². The zero-order valence-corrected chi connectivity index (χ0v) is 6.03. The third-order valence-corrected chi connectivity index (χ3v) is 1.20. The molecule has 5 heteroatoms. The zero-order valence-electron chi connectivity index (χ0n) is 6.03. The maximum Gasteiger partial charge on any atom is 0.223 e. The Balaban J connectivity index is 4.12. The summed E-state index contributed by atoms with van der Waals surface area (Å²) in [5.74, 6) is -0.458. The van der Waals surface area contributed by atoms with E-state index >= 15 is 0 Å². The Morgan fingerprint density at radius 1 is 1.80 bits per heavy atom. The number of hydrogen-bond acceptors (Lipinski definition) is 2. The van der Waals surface area contributed by atoms with Crippen molar-refractivity contribution < 1.29 is 4.79 Å². The number of amides is 1. The van der Waals surface area contributed by atoms with Gasteiger partial charge >= 0.3 is 0 Å². The number of hydrogen-bond donors (Lipinski definition) is 1. The maximum atomic E-state index is 10.6. The molecule has 0 radical (unpaired) electrons. The standard InChI is InChI=1S/C5H10N4O/c1-5(2,4(6)10)3-8-9-7/h3H2,1-2H3,(H2,6,10). The number of carbonyl (C=O) groups is 1. The quantitative estimate of drug-likeness (QED) is 0.352. The summed E-state index contributed by atoms with van der Waals surface area (Å²) in [5, 5.41) is 3.24. The predicted molar refractivity (Wildman–Crippen MR) is 37.0 cm³/mol. The van der Waals surface area contributed by atoms with E-state index in [-0.39, 0.29) is 6.54 Å². The van der Waals surface area contributed by atoms with Gasteiger partial charge in [-0.15, -0.1) is 0 Å². The minimum Gasteiger partial charge on any atom is -0.369 e. The summed E-state index contributed by atoms with van der Waals surface area (Å²) in [6.45, 7) is 3.37. The van der Waals surface area contributed by atoms with Crippen LogP contribution in [0.1, 0.15) is 13.8 Å². The first-order chi connectivity index (χ1) is 4.50. The fourth-order valence-corrected chi connectivity index (χ4v) is 0.286. The molecule has 0 aliphatic heterocycles. The molecule has 0 saturated carbocycles. The molecule has 0 aliphatic carbocycles. The molecule has 5 nitrogen and oxygen atoms in total. The van der Waals surface area contributed by atoms with Crippen LogP contribution in [0.15, 0.2) is 5.11 Å². The van der Waals surface area contributed by atoms with Crippen LogP contribution in [0, 0.1) is 5.41 Å². The molecule has 10 heavy (non-hydrogen) atoms. The van der Waals surface area contributed by atoms with Gasteiger partial charge in [-0.1, -0.05) is 19.0 Å². The smallest absolute Gasteiger partial charge is 0.223 e. The molecule has 0 spiro atoms. The van der Waals surface area contributed by atoms with Crippen molar-refractivity contribution in [3.05, 3.63) is 10.4 Å². The van der Waals surface area contributed by atoms with Crippen molar-refractivity contribution in [1.82, 2.24) is 0 Å². The number of primary amides is 1. The van der Waals surface area contributed by atoms with Gasteiger partial charge in [-0.2, -0.15) is 0 Å². The van der Waals surface area contributed by atoms with Crippen LogP contribution in [-0.4, -0.2) is 12.5 Å². The van der Waals surface area contributed by atoms with Crippen molar-refractivity contribution in [2.75, 3.05) is 6.54 Å². The second-order valence-corrected chi connectivity index (χ2v) is 2.64. The third-order valence-electron chi connectivity index (χ3n) is 1.20. The fraction of sp³-hybridized carbons (Fsp3) is 0.800. The normalized spacial score (nSPS) is 10.2. The van der Waals surface area contributed by atoms with Crippen molar-refractivity contribution >= 4 is 5.91 Å². The average Bonchev–Trinajstić information content (AvgIpc) is 1.84. The number of rotatable bonds is 3. The van der Waals surface area contributed by atoms with E-state index in [1.54, 1.807) is 13.8 Å². The van der Waals surface area contributed by atoms with Crippen LogP contribution in [-0.2, 0) is 4.79 Å². The van der Waals surface area contributed by atoms with Gasteiger partial charge in [-0.3, -0.25) is 4.79 Å². The molecule has 0 rings (SSSR count). The molecule has 0 fully saturated rings. The zero-order chi connectivity index (χ0) is 8.20. The van der Waals surface area contributed by atoms with Crippen molar-refractivity contribution in [2.24, 2.45) is 16.3 Å². The molecular weight excluding hydrogens is 132 g/mol. The van der Waals surface area contributed by atoms with Gasteiger partial charge < -0.3 is 5.73 Å². The van der Waals surface area contributed by atoms with Crippen molar-refractivity contribution in [3.63, 3.8) is 0 Å². The predicted octanol–water partition coefficient (Wildman–Crippen LogP) is 0.808. The monoisotopic (exact) mass is 142 g/mol. The van der Waals surface area contributed by atoms with Crippen molar-refractivity contribution in [3.8, 4) is 0 Å². The van der Waals surface area contributed by atoms with Crippen LogP contribution in [0.2, 0.25) is 0 Å². The number of nitrogens with two attached hydrogens (primary N) is 1. The van der Waals surface area contributed by atoms with E-state index in [4.69, 9.17) is 11.3 Å². The molecule has 0 bridgehead atoms. The van der Waals surface area contributed by atoms with Crippen LogP contribution in [0.4, 0.5) is 0 Å². The summed E-state index contributed by atoms with van der Waals surface area (Å²) in [7, 11) is 0. The molecule has 0 aromatic carbocycles. The van der Waals surface area contributed by atoms with Gasteiger partial charge in [-0.05, 0) is 5.53 Å². The molecule has 1 amide bonds. The van der Waals surface area contributed by atoms with Crippen molar-refractivity contribution in [1.29, 1.82) is 0 Å². The van der Waals surface area contributed by atoms with E-state index in [1.165, 1.54) is 0 Å². The topological polar surface area (TPSA) is 91.8 Å². The van der Waals surface area contributed by atoms with Crippen LogP contribution in [0.25, 0.3) is 10.4 Å². The van der Waals surface area contributed by atoms with Crippen molar-refractivity contribution in [2.45, 2.75) is 13.8 Å². The van der Waals surface area contributed by atoms with E-state index in [0.717, 1.165) is 0 Å². The average molecular weight is 142 g/mol. The third kappa shape index (κ3) is 2.37. The lowest BCUT2D eigenvalue weighted by Gasteiger charge is -2.15. The summed E-state index contributed by atoms with van der Waals surface area (Å²) in [4.78, 5) is 13.1. The van der Waals surface area contributed by atoms with Crippen LogP contribution in [0.5, 0.6) is 0 Å². The van der Waals surface area contributed by atoms with Crippen LogP contribution >= 0.6 is 0 Å². The van der Waals surface area contributed by atoms with E-state index in [1.807, 2.05) is 0 Å². The van der Waals surface area contributed by atoms with E-state index in [9.17, 15) is 4.79 Å². The van der Waals surface area contributed by atoms with E-state index in [0.29, 0.717) is 0 Å². The maximum absolute atomic E-state index is 10.6. The van der Waals surface area contributed by atoms with Gasteiger partial charge in [0.25, 0.3) is 0 Å². The Morgan fingerprint density at radius 3 is 2.60 bits per heavy atom. The Hall–Kier alpha value is -1.22. The summed E-state index contributed by atoms with van der Waals surface area (Å²) < 4.78 is 0. The first-order valence-electron chi connectivity index (χ1n) is 2.81. The molecule has 56 valence electrons. The highest BCUT2D eigenvalue weighted by atomic mass is 16.1. The molecule has 2 N–H and O–H groups in total. The Bertz CT molecular complexity index is 180. The molecule has 0 aromatic heterocycles. The highest BCUT2D eigenvalue weighted by Gasteiger charge is 2.23. The molecule has 0 heterocycles. The summed E-state index contributed by atoms with van der Waals surface area (Å²) in [6.07, 6.45) is 0. The summed E-state index contributed by atoms with van der Waals surface area (Å²) >= 11 is 0. The first kappa shape index (κ1) is 8.78. The summed E-state index contributed by atoms with van der Waals surface area (Å²) in [6, 6.07) is 0. The summed E-state index contributed by atoms with van der Waals surface area (Å²) in [5.41, 5.74) is 12.2. The van der Waals surface area contributed by atoms with Crippen LogP contribution in [0.3, 0.4) is 0 Å².